The summed E-state index contributed by atoms with van der Waals surface area (Å²) in [4.78, 5) is 13.0. The fraction of sp³-hybridized carbons (Fsp3) is 0.933. The van der Waals surface area contributed by atoms with E-state index >= 15 is 0 Å². The highest BCUT2D eigenvalue weighted by Crippen LogP contribution is 2.18. The van der Waals surface area contributed by atoms with Crippen molar-refractivity contribution in [2.75, 3.05) is 32.7 Å². The molecule has 0 aliphatic rings. The van der Waals surface area contributed by atoms with Crippen molar-refractivity contribution in [3.8, 4) is 0 Å². The summed E-state index contributed by atoms with van der Waals surface area (Å²) in [5.74, 6) is -0.215. The Hall–Kier alpha value is 0.0900. The normalized spacial score (nSPS) is 12.9. The molecule has 21 heavy (non-hydrogen) atoms. The van der Waals surface area contributed by atoms with Gasteiger partial charge >= 0.3 is 0 Å². The van der Waals surface area contributed by atoms with Crippen LogP contribution in [0.15, 0.2) is 0 Å². The van der Waals surface area contributed by atoms with Crippen molar-refractivity contribution in [2.45, 2.75) is 56.5 Å². The summed E-state index contributed by atoms with van der Waals surface area (Å²) in [5, 5.41) is 3.42. The smallest absolute Gasteiger partial charge is 0.217 e. The number of unbranched alkanes of at least 4 members (excludes halogenated alkanes) is 1. The minimum Gasteiger partial charge on any atom is -0.370 e. The third-order valence-electron chi connectivity index (χ3n) is 2.85. The number of hydrogen-bond donors (Lipinski definition) is 4. The molecule has 6 heteroatoms. The largest absolute Gasteiger partial charge is 0.370 e. The number of nitrogens with one attached hydrogen (secondary N) is 1. The molecule has 0 heterocycles. The van der Waals surface area contributed by atoms with Gasteiger partial charge in [-0.3, -0.25) is 9.69 Å². The van der Waals surface area contributed by atoms with Gasteiger partial charge in [-0.2, -0.15) is 25.3 Å². The molecule has 0 saturated heterocycles. The second kappa shape index (κ2) is 9.98. The summed E-state index contributed by atoms with van der Waals surface area (Å²) < 4.78 is -0.0268. The van der Waals surface area contributed by atoms with Gasteiger partial charge in [0.25, 0.3) is 0 Å². The maximum absolute atomic E-state index is 10.6. The van der Waals surface area contributed by atoms with Crippen LogP contribution in [0.25, 0.3) is 0 Å². The van der Waals surface area contributed by atoms with E-state index in [4.69, 9.17) is 5.73 Å². The van der Waals surface area contributed by atoms with E-state index < -0.39 is 0 Å². The Labute approximate surface area is 141 Å². The third-order valence-corrected chi connectivity index (χ3v) is 3.14. The van der Waals surface area contributed by atoms with E-state index in [1.54, 1.807) is 0 Å². The summed E-state index contributed by atoms with van der Waals surface area (Å²) >= 11 is 9.25. The first-order valence-electron chi connectivity index (χ1n) is 7.66. The Morgan fingerprint density at radius 1 is 1.05 bits per heavy atom. The number of carbonyl (C=O) groups is 1. The summed E-state index contributed by atoms with van der Waals surface area (Å²) in [6.45, 7) is 13.2. The van der Waals surface area contributed by atoms with Crippen LogP contribution in [0, 0.1) is 0 Å². The van der Waals surface area contributed by atoms with Gasteiger partial charge in [-0.05, 0) is 47.1 Å². The molecule has 0 spiro atoms. The lowest BCUT2D eigenvalue weighted by Gasteiger charge is -2.33. The summed E-state index contributed by atoms with van der Waals surface area (Å²) in [6, 6.07) is 0. The van der Waals surface area contributed by atoms with Gasteiger partial charge in [0.05, 0.1) is 0 Å². The predicted octanol–water partition coefficient (Wildman–Crippen LogP) is 1.95. The zero-order chi connectivity index (χ0) is 16.5. The van der Waals surface area contributed by atoms with Crippen LogP contribution < -0.4 is 11.1 Å². The maximum atomic E-state index is 10.6. The van der Waals surface area contributed by atoms with Crippen LogP contribution in [0.2, 0.25) is 0 Å². The molecule has 0 rings (SSSR count). The van der Waals surface area contributed by atoms with Gasteiger partial charge in [0.1, 0.15) is 0 Å². The Balaban J connectivity index is 3.93. The van der Waals surface area contributed by atoms with Crippen molar-refractivity contribution >= 4 is 31.2 Å². The molecule has 0 aromatic rings. The molecule has 0 atom stereocenters. The first-order chi connectivity index (χ1) is 9.49. The molecule has 0 aromatic heterocycles. The molecule has 1 amide bonds. The number of nitrogens with zero attached hydrogens (tertiary/aromatic N) is 1. The van der Waals surface area contributed by atoms with Crippen LogP contribution >= 0.6 is 25.3 Å². The van der Waals surface area contributed by atoms with Gasteiger partial charge in [0.15, 0.2) is 0 Å². The number of primary amides is 1. The van der Waals surface area contributed by atoms with Crippen LogP contribution in [0.3, 0.4) is 0 Å². The monoisotopic (exact) mass is 335 g/mol. The zero-order valence-electron chi connectivity index (χ0n) is 14.0. The molecule has 0 fully saturated rings. The summed E-state index contributed by atoms with van der Waals surface area (Å²) in [6.07, 6.45) is 2.33. The number of carbonyl (C=O) groups excluding carboxylic acids is 1. The Morgan fingerprint density at radius 3 is 2.00 bits per heavy atom. The van der Waals surface area contributed by atoms with Crippen LogP contribution in [-0.2, 0) is 4.79 Å². The fourth-order valence-corrected chi connectivity index (χ4v) is 2.62. The van der Waals surface area contributed by atoms with Gasteiger partial charge in [-0.25, -0.2) is 0 Å². The van der Waals surface area contributed by atoms with E-state index in [2.05, 4.69) is 63.2 Å². The molecule has 0 bridgehead atoms. The Kier molecular flexibility index (Phi) is 10.0. The first kappa shape index (κ1) is 21.1. The SMILES string of the molecule is CC(C)(S)CN(CCNCCCCC(N)=O)CC(C)(C)S. The lowest BCUT2D eigenvalue weighted by molar-refractivity contribution is -0.118. The highest BCUT2D eigenvalue weighted by Gasteiger charge is 2.22. The lowest BCUT2D eigenvalue weighted by atomic mass is 10.1. The first-order valence-corrected chi connectivity index (χ1v) is 8.55. The van der Waals surface area contributed by atoms with Crippen LogP contribution in [0.4, 0.5) is 0 Å². The van der Waals surface area contributed by atoms with E-state index in [1.807, 2.05) is 0 Å². The van der Waals surface area contributed by atoms with E-state index in [-0.39, 0.29) is 15.4 Å². The van der Waals surface area contributed by atoms with Crippen molar-refractivity contribution in [2.24, 2.45) is 5.73 Å². The van der Waals surface area contributed by atoms with Crippen molar-refractivity contribution in [1.82, 2.24) is 10.2 Å². The van der Waals surface area contributed by atoms with E-state index in [9.17, 15) is 4.79 Å². The topological polar surface area (TPSA) is 58.4 Å². The zero-order valence-corrected chi connectivity index (χ0v) is 15.8. The summed E-state index contributed by atoms with van der Waals surface area (Å²) in [5.41, 5.74) is 5.11. The van der Waals surface area contributed by atoms with Gasteiger partial charge in [0.2, 0.25) is 5.91 Å². The van der Waals surface area contributed by atoms with Crippen LogP contribution in [-0.4, -0.2) is 53.0 Å². The molecule has 126 valence electrons. The standard InChI is InChI=1S/C15H33N3OS2/c1-14(2,20)11-18(12-15(3,4)21)10-9-17-8-6-5-7-13(16)19/h17,20-21H,5-12H2,1-4H3,(H2,16,19). The number of thiol groups is 2. The predicted molar refractivity (Wildman–Crippen MR) is 98.5 cm³/mol. The molecule has 4 nitrogen and oxygen atoms in total. The van der Waals surface area contributed by atoms with Crippen LogP contribution in [0.1, 0.15) is 47.0 Å². The van der Waals surface area contributed by atoms with Crippen molar-refractivity contribution in [3.63, 3.8) is 0 Å². The summed E-state index contributed by atoms with van der Waals surface area (Å²) in [7, 11) is 0. The van der Waals surface area contributed by atoms with E-state index in [0.29, 0.717) is 6.42 Å². The Bertz CT molecular complexity index is 282. The van der Waals surface area contributed by atoms with Crippen LogP contribution in [0.5, 0.6) is 0 Å². The molecule has 0 aliphatic carbocycles. The Morgan fingerprint density at radius 2 is 1.57 bits per heavy atom. The molecule has 0 aliphatic heterocycles. The number of amides is 1. The molecule has 0 saturated carbocycles. The average Bonchev–Trinajstić information content (AvgIpc) is 2.22. The number of rotatable bonds is 12. The molecule has 0 unspecified atom stereocenters. The quantitative estimate of drug-likeness (QED) is 0.326. The van der Waals surface area contributed by atoms with Gasteiger partial charge in [-0.1, -0.05) is 0 Å². The number of nitrogens with two attached hydrogens (primary N) is 1. The minimum absolute atomic E-state index is 0.0134. The highest BCUT2D eigenvalue weighted by atomic mass is 32.1. The number of hydrogen-bond acceptors (Lipinski definition) is 5. The van der Waals surface area contributed by atoms with Crippen molar-refractivity contribution < 1.29 is 4.79 Å². The lowest BCUT2D eigenvalue weighted by Crippen LogP contribution is -2.44. The van der Waals surface area contributed by atoms with E-state index in [0.717, 1.165) is 45.6 Å². The molecular weight excluding hydrogens is 302 g/mol. The second-order valence-corrected chi connectivity index (χ2v) is 9.43. The molecule has 0 aromatic carbocycles. The minimum atomic E-state index is -0.215. The van der Waals surface area contributed by atoms with Crippen molar-refractivity contribution in [3.05, 3.63) is 0 Å². The van der Waals surface area contributed by atoms with E-state index in [1.165, 1.54) is 0 Å². The highest BCUT2D eigenvalue weighted by molar-refractivity contribution is 7.82. The fourth-order valence-electron chi connectivity index (χ4n) is 2.22. The molecule has 3 N–H and O–H groups in total. The maximum Gasteiger partial charge on any atom is 0.217 e. The van der Waals surface area contributed by atoms with Crippen molar-refractivity contribution in [1.29, 1.82) is 0 Å². The second-order valence-electron chi connectivity index (χ2n) is 7.01. The molecule has 0 radical (unpaired) electrons. The average molecular weight is 336 g/mol. The third kappa shape index (κ3) is 16.3. The molecular formula is C15H33N3OS2. The van der Waals surface area contributed by atoms with Gasteiger partial charge in [0, 0.05) is 42.1 Å². The van der Waals surface area contributed by atoms with Gasteiger partial charge in [-0.15, -0.1) is 0 Å². The van der Waals surface area contributed by atoms with Gasteiger partial charge < -0.3 is 11.1 Å².